The van der Waals surface area contributed by atoms with Crippen LogP contribution in [0.3, 0.4) is 0 Å². The molecule has 7 atom stereocenters. The SMILES string of the molecule is CC1(c2ccccc2)OC(=O)[C@H]([C@H](NC(=S)Nc2ccccc2)[C@@H](O)[C@@H](O)[C@H](O)[C@@H](O)CO)S1. The molecule has 1 heterocycles. The third-order valence-corrected chi connectivity index (χ3v) is 7.21. The van der Waals surface area contributed by atoms with E-state index in [-0.39, 0.29) is 5.11 Å². The van der Waals surface area contributed by atoms with E-state index in [2.05, 4.69) is 10.6 Å². The molecule has 184 valence electrons. The number of carbonyl (C=O) groups excluding carboxylic acids is 1. The number of aliphatic hydroxyl groups excluding tert-OH is 5. The first kappa shape index (κ1) is 26.4. The number of esters is 1. The molecule has 1 fully saturated rings. The van der Waals surface area contributed by atoms with Crippen LogP contribution in [-0.4, -0.2) is 78.9 Å². The van der Waals surface area contributed by atoms with Gasteiger partial charge in [0, 0.05) is 11.3 Å². The molecule has 9 nitrogen and oxygen atoms in total. The Morgan fingerprint density at radius 2 is 1.62 bits per heavy atom. The molecule has 11 heteroatoms. The van der Waals surface area contributed by atoms with E-state index < -0.39 is 53.2 Å². The fourth-order valence-corrected chi connectivity index (χ4v) is 5.24. The first-order chi connectivity index (χ1) is 16.2. The van der Waals surface area contributed by atoms with E-state index in [4.69, 9.17) is 22.1 Å². The number of nitrogens with one attached hydrogen (secondary N) is 2. The van der Waals surface area contributed by atoms with E-state index in [0.29, 0.717) is 5.69 Å². The maximum atomic E-state index is 12.9. The monoisotopic (exact) mass is 508 g/mol. The van der Waals surface area contributed by atoms with Gasteiger partial charge in [0.05, 0.1) is 12.6 Å². The summed E-state index contributed by atoms with van der Waals surface area (Å²) in [6, 6.07) is 16.8. The third kappa shape index (κ3) is 6.05. The second-order valence-electron chi connectivity index (χ2n) is 7.98. The summed E-state index contributed by atoms with van der Waals surface area (Å²) in [6.45, 7) is 0.888. The zero-order chi connectivity index (χ0) is 24.9. The number of hydrogen-bond acceptors (Lipinski definition) is 9. The van der Waals surface area contributed by atoms with Crippen molar-refractivity contribution in [2.45, 2.75) is 47.6 Å². The van der Waals surface area contributed by atoms with Crippen molar-refractivity contribution < 1.29 is 35.1 Å². The average Bonchev–Trinajstić information content (AvgIpc) is 3.16. The normalized spacial score (nSPS) is 24.4. The fourth-order valence-electron chi connectivity index (χ4n) is 3.58. The second-order valence-corrected chi connectivity index (χ2v) is 9.91. The van der Waals surface area contributed by atoms with Crippen LogP contribution in [0, 0.1) is 0 Å². The molecule has 0 radical (unpaired) electrons. The predicted octanol–water partition coefficient (Wildman–Crippen LogP) is 0.309. The van der Waals surface area contributed by atoms with Gasteiger partial charge in [0.25, 0.3) is 0 Å². The van der Waals surface area contributed by atoms with Gasteiger partial charge in [0.2, 0.25) is 0 Å². The van der Waals surface area contributed by atoms with E-state index in [9.17, 15) is 25.2 Å². The summed E-state index contributed by atoms with van der Waals surface area (Å²) in [6.07, 6.45) is -7.24. The number of aliphatic hydroxyl groups is 5. The second kappa shape index (κ2) is 11.5. The average molecular weight is 509 g/mol. The van der Waals surface area contributed by atoms with E-state index in [1.807, 2.05) is 24.3 Å². The molecule has 34 heavy (non-hydrogen) atoms. The minimum Gasteiger partial charge on any atom is -0.443 e. The Hall–Kier alpha value is -2.25. The lowest BCUT2D eigenvalue weighted by molar-refractivity contribution is -0.150. The molecule has 0 amide bonds. The summed E-state index contributed by atoms with van der Waals surface area (Å²) < 4.78 is 5.66. The number of anilines is 1. The number of hydrogen-bond donors (Lipinski definition) is 7. The molecular weight excluding hydrogens is 480 g/mol. The van der Waals surface area contributed by atoms with E-state index in [1.165, 1.54) is 0 Å². The fraction of sp³-hybridized carbons (Fsp3) is 0.391. The van der Waals surface area contributed by atoms with Crippen LogP contribution in [-0.2, 0) is 14.5 Å². The van der Waals surface area contributed by atoms with Crippen molar-refractivity contribution in [3.05, 3.63) is 66.2 Å². The standard InChI is InChI=1S/C23H28N2O7S2/c1-23(13-8-4-2-5-9-13)32-21(31)20(34-23)16(18(29)19(30)17(28)15(27)12-26)25-22(33)24-14-10-6-3-7-11-14/h2-11,15-20,26-30H,12H2,1H3,(H2,24,25,33)/t15-,16+,17+,18+,19-,20-,23?/m0/s1. The van der Waals surface area contributed by atoms with Gasteiger partial charge in [0.1, 0.15) is 29.7 Å². The maximum Gasteiger partial charge on any atom is 0.323 e. The highest BCUT2D eigenvalue weighted by molar-refractivity contribution is 8.01. The Morgan fingerprint density at radius 3 is 2.21 bits per heavy atom. The Balaban J connectivity index is 1.86. The first-order valence-electron chi connectivity index (χ1n) is 10.6. The van der Waals surface area contributed by atoms with Crippen molar-refractivity contribution >= 4 is 40.7 Å². The van der Waals surface area contributed by atoms with Gasteiger partial charge in [0.15, 0.2) is 10.0 Å². The van der Waals surface area contributed by atoms with Crippen molar-refractivity contribution in [1.29, 1.82) is 0 Å². The largest absolute Gasteiger partial charge is 0.443 e. The molecule has 2 aromatic carbocycles. The highest BCUT2D eigenvalue weighted by Crippen LogP contribution is 2.47. The smallest absolute Gasteiger partial charge is 0.323 e. The lowest BCUT2D eigenvalue weighted by atomic mass is 9.95. The van der Waals surface area contributed by atoms with E-state index in [0.717, 1.165) is 17.3 Å². The Bertz CT molecular complexity index is 968. The van der Waals surface area contributed by atoms with Gasteiger partial charge in [-0.05, 0) is 31.3 Å². The van der Waals surface area contributed by atoms with Gasteiger partial charge in [-0.15, -0.1) is 0 Å². The molecule has 0 bridgehead atoms. The summed E-state index contributed by atoms with van der Waals surface area (Å²) in [7, 11) is 0. The number of benzene rings is 2. The number of ether oxygens (including phenoxy) is 1. The highest BCUT2D eigenvalue weighted by Gasteiger charge is 2.52. The summed E-state index contributed by atoms with van der Waals surface area (Å²) in [5, 5.41) is 55.3. The predicted molar refractivity (Wildman–Crippen MR) is 132 cm³/mol. The van der Waals surface area contributed by atoms with Crippen LogP contribution in [0.15, 0.2) is 60.7 Å². The Morgan fingerprint density at radius 1 is 1.03 bits per heavy atom. The number of thiocarbonyl (C=S) groups is 1. The number of rotatable bonds is 9. The Labute approximate surface area is 206 Å². The summed E-state index contributed by atoms with van der Waals surface area (Å²) in [4.78, 5) is 11.9. The van der Waals surface area contributed by atoms with Gasteiger partial charge < -0.3 is 40.9 Å². The minimum atomic E-state index is -1.91. The molecule has 1 unspecified atom stereocenters. The third-order valence-electron chi connectivity index (χ3n) is 5.48. The van der Waals surface area contributed by atoms with Gasteiger partial charge in [-0.2, -0.15) is 0 Å². The molecule has 1 aliphatic rings. The van der Waals surface area contributed by atoms with Crippen molar-refractivity contribution in [1.82, 2.24) is 5.32 Å². The summed E-state index contributed by atoms with van der Waals surface area (Å²) in [5.41, 5.74) is 1.38. The Kier molecular flexibility index (Phi) is 8.88. The van der Waals surface area contributed by atoms with Crippen molar-refractivity contribution in [3.63, 3.8) is 0 Å². The molecule has 0 aliphatic carbocycles. The molecule has 0 spiro atoms. The van der Waals surface area contributed by atoms with Gasteiger partial charge >= 0.3 is 5.97 Å². The summed E-state index contributed by atoms with van der Waals surface area (Å²) >= 11 is 6.47. The first-order valence-corrected chi connectivity index (χ1v) is 11.9. The van der Waals surface area contributed by atoms with Crippen LogP contribution in [0.1, 0.15) is 12.5 Å². The van der Waals surface area contributed by atoms with Gasteiger partial charge in [-0.1, -0.05) is 60.3 Å². The minimum absolute atomic E-state index is 0.0568. The number of thioether (sulfide) groups is 1. The number of para-hydroxylation sites is 1. The zero-order valence-electron chi connectivity index (χ0n) is 18.3. The van der Waals surface area contributed by atoms with Gasteiger partial charge in [-0.3, -0.25) is 4.79 Å². The van der Waals surface area contributed by atoms with Crippen LogP contribution >= 0.6 is 24.0 Å². The number of carbonyl (C=O) groups is 1. The molecule has 3 rings (SSSR count). The summed E-state index contributed by atoms with van der Waals surface area (Å²) in [5.74, 6) is -0.653. The van der Waals surface area contributed by atoms with Crippen molar-refractivity contribution in [2.75, 3.05) is 11.9 Å². The van der Waals surface area contributed by atoms with Crippen LogP contribution in [0.2, 0.25) is 0 Å². The molecule has 0 saturated carbocycles. The molecule has 7 N–H and O–H groups in total. The molecule has 1 saturated heterocycles. The van der Waals surface area contributed by atoms with Crippen LogP contribution < -0.4 is 10.6 Å². The van der Waals surface area contributed by atoms with Crippen molar-refractivity contribution in [3.8, 4) is 0 Å². The van der Waals surface area contributed by atoms with Crippen molar-refractivity contribution in [2.24, 2.45) is 0 Å². The molecule has 2 aromatic rings. The quantitative estimate of drug-likeness (QED) is 0.185. The topological polar surface area (TPSA) is 152 Å². The van der Waals surface area contributed by atoms with Crippen LogP contribution in [0.5, 0.6) is 0 Å². The number of cyclic esters (lactones) is 1. The van der Waals surface area contributed by atoms with Crippen LogP contribution in [0.4, 0.5) is 5.69 Å². The van der Waals surface area contributed by atoms with E-state index in [1.54, 1.807) is 43.3 Å². The van der Waals surface area contributed by atoms with Crippen LogP contribution in [0.25, 0.3) is 0 Å². The van der Waals surface area contributed by atoms with E-state index >= 15 is 0 Å². The lowest BCUT2D eigenvalue weighted by Gasteiger charge is -2.34. The molecular formula is C23H28N2O7S2. The molecule has 1 aliphatic heterocycles. The highest BCUT2D eigenvalue weighted by atomic mass is 32.2. The lowest BCUT2D eigenvalue weighted by Crippen LogP contribution is -2.59. The van der Waals surface area contributed by atoms with Gasteiger partial charge in [-0.25, -0.2) is 0 Å². The molecule has 0 aromatic heterocycles. The zero-order valence-corrected chi connectivity index (χ0v) is 19.9. The maximum absolute atomic E-state index is 12.9.